The summed E-state index contributed by atoms with van der Waals surface area (Å²) in [7, 11) is 0. The topological polar surface area (TPSA) is 123 Å². The first-order chi connectivity index (χ1) is 22.5. The molecule has 2 atom stereocenters. The molecule has 0 radical (unpaired) electrons. The Labute approximate surface area is 267 Å². The van der Waals surface area contributed by atoms with Gasteiger partial charge in [-0.15, -0.1) is 0 Å². The van der Waals surface area contributed by atoms with Crippen molar-refractivity contribution in [1.82, 2.24) is 10.6 Å². The van der Waals surface area contributed by atoms with E-state index in [0.717, 1.165) is 33.4 Å². The molecule has 0 saturated carbocycles. The highest BCUT2D eigenvalue weighted by Gasteiger charge is 2.31. The summed E-state index contributed by atoms with van der Waals surface area (Å²) in [4.78, 5) is 39.4. The molecule has 236 valence electrons. The van der Waals surface area contributed by atoms with E-state index in [9.17, 15) is 19.5 Å². The van der Waals surface area contributed by atoms with Crippen LogP contribution in [0.3, 0.4) is 0 Å². The van der Waals surface area contributed by atoms with Crippen molar-refractivity contribution in [1.29, 1.82) is 0 Å². The van der Waals surface area contributed by atoms with Gasteiger partial charge in [0.2, 0.25) is 5.91 Å². The number of aliphatic hydroxyl groups is 1. The molecule has 4 aromatic rings. The number of aliphatic hydroxyl groups excluding tert-OH is 1. The predicted molar refractivity (Wildman–Crippen MR) is 173 cm³/mol. The van der Waals surface area contributed by atoms with Crippen LogP contribution < -0.4 is 15.4 Å². The minimum Gasteiger partial charge on any atom is -0.490 e. The van der Waals surface area contributed by atoms with Crippen LogP contribution in [0.4, 0.5) is 4.79 Å². The molecule has 0 bridgehead atoms. The molecule has 2 amide bonds. The number of rotatable bonds is 14. The second-order valence-electron chi connectivity index (χ2n) is 10.8. The monoisotopic (exact) mass is 620 g/mol. The van der Waals surface area contributed by atoms with E-state index < -0.39 is 36.7 Å². The molecule has 46 heavy (non-hydrogen) atoms. The lowest BCUT2D eigenvalue weighted by Crippen LogP contribution is -2.54. The molecule has 1 aliphatic carbocycles. The van der Waals surface area contributed by atoms with Gasteiger partial charge in [0.15, 0.2) is 6.04 Å². The number of hydrogen-bond acceptors (Lipinski definition) is 7. The van der Waals surface area contributed by atoms with Gasteiger partial charge >= 0.3 is 12.1 Å². The van der Waals surface area contributed by atoms with Crippen molar-refractivity contribution in [3.05, 3.63) is 138 Å². The highest BCUT2D eigenvalue weighted by molar-refractivity contribution is 5.90. The third kappa shape index (κ3) is 7.99. The van der Waals surface area contributed by atoms with Crippen LogP contribution in [-0.2, 0) is 32.1 Å². The van der Waals surface area contributed by atoms with E-state index in [0.29, 0.717) is 12.4 Å². The van der Waals surface area contributed by atoms with Crippen LogP contribution in [0.2, 0.25) is 0 Å². The zero-order valence-electron chi connectivity index (χ0n) is 25.3. The summed E-state index contributed by atoms with van der Waals surface area (Å²) in [5.74, 6) is -1.03. The maximum absolute atomic E-state index is 13.5. The fraction of sp³-hybridized carbons (Fsp3) is 0.216. The molecule has 9 nitrogen and oxygen atoms in total. The number of benzene rings is 4. The summed E-state index contributed by atoms with van der Waals surface area (Å²) in [5, 5.41) is 15.1. The fourth-order valence-corrected chi connectivity index (χ4v) is 5.38. The number of esters is 1. The molecule has 0 aliphatic heterocycles. The van der Waals surface area contributed by atoms with Crippen molar-refractivity contribution in [2.24, 2.45) is 0 Å². The number of carbonyl (C=O) groups is 3. The van der Waals surface area contributed by atoms with Crippen LogP contribution in [0.25, 0.3) is 11.1 Å². The molecule has 0 saturated heterocycles. The smallest absolute Gasteiger partial charge is 0.407 e. The summed E-state index contributed by atoms with van der Waals surface area (Å²) < 4.78 is 16.5. The summed E-state index contributed by atoms with van der Waals surface area (Å²) in [5.41, 5.74) is 5.79. The van der Waals surface area contributed by atoms with E-state index in [-0.39, 0.29) is 25.6 Å². The maximum Gasteiger partial charge on any atom is 0.407 e. The largest absolute Gasteiger partial charge is 0.490 e. The van der Waals surface area contributed by atoms with E-state index >= 15 is 0 Å². The zero-order valence-corrected chi connectivity index (χ0v) is 25.3. The Morgan fingerprint density at radius 2 is 1.39 bits per heavy atom. The van der Waals surface area contributed by atoms with Gasteiger partial charge in [-0.05, 0) is 45.5 Å². The molecular formula is C37H36N2O7. The highest BCUT2D eigenvalue weighted by Crippen LogP contribution is 2.44. The number of amides is 2. The minimum atomic E-state index is -1.34. The van der Waals surface area contributed by atoms with Gasteiger partial charge in [-0.2, -0.15) is 0 Å². The molecule has 0 fully saturated rings. The van der Waals surface area contributed by atoms with Crippen molar-refractivity contribution in [2.45, 2.75) is 31.0 Å². The van der Waals surface area contributed by atoms with Crippen molar-refractivity contribution in [3.8, 4) is 16.9 Å². The molecule has 0 aromatic heterocycles. The number of ether oxygens (including phenoxy) is 3. The van der Waals surface area contributed by atoms with Crippen LogP contribution in [0.5, 0.6) is 5.75 Å². The van der Waals surface area contributed by atoms with Crippen molar-refractivity contribution in [2.75, 3.05) is 19.8 Å². The summed E-state index contributed by atoms with van der Waals surface area (Å²) in [6.07, 6.45) is 0.921. The van der Waals surface area contributed by atoms with Crippen molar-refractivity contribution < 1.29 is 33.7 Å². The average molecular weight is 621 g/mol. The highest BCUT2D eigenvalue weighted by atomic mass is 16.5. The minimum absolute atomic E-state index is 0.0201. The van der Waals surface area contributed by atoms with E-state index in [1.165, 1.54) is 0 Å². The molecule has 1 aliphatic rings. The predicted octanol–water partition coefficient (Wildman–Crippen LogP) is 4.92. The van der Waals surface area contributed by atoms with Gasteiger partial charge in [0.25, 0.3) is 0 Å². The van der Waals surface area contributed by atoms with E-state index in [1.54, 1.807) is 42.5 Å². The Kier molecular flexibility index (Phi) is 10.8. The number of alkyl carbamates (subject to hydrolysis) is 1. The van der Waals surface area contributed by atoms with Gasteiger partial charge in [0, 0.05) is 12.3 Å². The maximum atomic E-state index is 13.5. The van der Waals surface area contributed by atoms with Gasteiger partial charge < -0.3 is 30.0 Å². The lowest BCUT2D eigenvalue weighted by atomic mass is 9.98. The van der Waals surface area contributed by atoms with Gasteiger partial charge in [0.1, 0.15) is 31.6 Å². The zero-order chi connectivity index (χ0) is 32.3. The number of hydrogen-bond donors (Lipinski definition) is 3. The second kappa shape index (κ2) is 15.5. The van der Waals surface area contributed by atoms with Crippen LogP contribution in [0.15, 0.2) is 116 Å². The Bertz CT molecular complexity index is 1610. The molecule has 3 N–H and O–H groups in total. The molecular weight excluding hydrogens is 584 g/mol. The normalized spacial score (nSPS) is 13.0. The van der Waals surface area contributed by atoms with Crippen molar-refractivity contribution in [3.63, 3.8) is 0 Å². The third-order valence-electron chi connectivity index (χ3n) is 7.69. The molecule has 0 spiro atoms. The number of fused-ring (bicyclic) bond motifs is 3. The molecule has 9 heteroatoms. The molecule has 0 unspecified atom stereocenters. The van der Waals surface area contributed by atoms with Crippen LogP contribution in [0.1, 0.15) is 28.2 Å². The van der Waals surface area contributed by atoms with E-state index in [2.05, 4.69) is 17.2 Å². The van der Waals surface area contributed by atoms with Gasteiger partial charge in [-0.3, -0.25) is 4.79 Å². The first-order valence-electron chi connectivity index (χ1n) is 15.0. The van der Waals surface area contributed by atoms with Crippen LogP contribution in [0, 0.1) is 0 Å². The standard InChI is InChI=1S/C37H36N2O7/c1-2-20-44-27-18-16-25(17-19-27)21-33(35(41)38-34(22-40)36(42)45-23-26-10-4-3-5-11-26)39-37(43)46-24-32-30-14-8-6-12-28(30)29-13-7-9-15-31(29)32/h2-19,32-34,40H,1,20-24H2,(H,38,41)(H,39,43)/t33-,34-/m0/s1. The van der Waals surface area contributed by atoms with E-state index in [4.69, 9.17) is 14.2 Å². The molecule has 5 rings (SSSR count). The van der Waals surface area contributed by atoms with Crippen LogP contribution in [-0.4, -0.2) is 55.0 Å². The Morgan fingerprint density at radius 1 is 0.761 bits per heavy atom. The molecule has 4 aromatic carbocycles. The van der Waals surface area contributed by atoms with Crippen LogP contribution >= 0.6 is 0 Å². The Morgan fingerprint density at radius 3 is 2.02 bits per heavy atom. The number of carbonyl (C=O) groups excluding carboxylic acids is 3. The van der Waals surface area contributed by atoms with E-state index in [1.807, 2.05) is 66.7 Å². The average Bonchev–Trinajstić information content (AvgIpc) is 3.41. The lowest BCUT2D eigenvalue weighted by molar-refractivity contribution is -0.150. The number of nitrogens with one attached hydrogen (secondary N) is 2. The molecule has 0 heterocycles. The fourth-order valence-electron chi connectivity index (χ4n) is 5.38. The second-order valence-corrected chi connectivity index (χ2v) is 10.8. The third-order valence-corrected chi connectivity index (χ3v) is 7.69. The first-order valence-corrected chi connectivity index (χ1v) is 15.0. The first kappa shape index (κ1) is 32.0. The summed E-state index contributed by atoms with van der Waals surface area (Å²) in [6.45, 7) is 3.34. The van der Waals surface area contributed by atoms with Gasteiger partial charge in [-0.25, -0.2) is 9.59 Å². The quantitative estimate of drug-likeness (QED) is 0.135. The van der Waals surface area contributed by atoms with Gasteiger partial charge in [0.05, 0.1) is 6.61 Å². The Balaban J connectivity index is 1.26. The Hall–Kier alpha value is -5.41. The summed E-state index contributed by atoms with van der Waals surface area (Å²) >= 11 is 0. The van der Waals surface area contributed by atoms with Crippen molar-refractivity contribution >= 4 is 18.0 Å². The lowest BCUT2D eigenvalue weighted by Gasteiger charge is -2.22. The van der Waals surface area contributed by atoms with Gasteiger partial charge in [-0.1, -0.05) is 104 Å². The summed E-state index contributed by atoms with van der Waals surface area (Å²) in [6, 6.07) is 29.6. The SMILES string of the molecule is C=CCOc1ccc(C[C@H](NC(=O)OCC2c3ccccc3-c3ccccc32)C(=O)N[C@@H](CO)C(=O)OCc2ccccc2)cc1.